The number of carbonyl (C=O) groups is 1. The van der Waals surface area contributed by atoms with Gasteiger partial charge in [0.15, 0.2) is 9.84 Å². The van der Waals surface area contributed by atoms with Crippen LogP contribution in [0.25, 0.3) is 0 Å². The van der Waals surface area contributed by atoms with Crippen molar-refractivity contribution in [3.05, 3.63) is 58.8 Å². The van der Waals surface area contributed by atoms with Crippen molar-refractivity contribution in [3.8, 4) is 0 Å². The molecule has 0 aliphatic carbocycles. The Morgan fingerprint density at radius 3 is 2.67 bits per heavy atom. The van der Waals surface area contributed by atoms with Crippen molar-refractivity contribution in [2.24, 2.45) is 0 Å². The van der Waals surface area contributed by atoms with E-state index >= 15 is 0 Å². The van der Waals surface area contributed by atoms with E-state index in [2.05, 4.69) is 10.3 Å². The molecular formula is C16H19N3O4S. The molecule has 0 saturated heterocycles. The smallest absolute Gasteiger partial charge is 0.256 e. The average molecular weight is 349 g/mol. The molecule has 128 valence electrons. The van der Waals surface area contributed by atoms with Gasteiger partial charge in [0.25, 0.3) is 5.56 Å². The van der Waals surface area contributed by atoms with Crippen LogP contribution in [0.5, 0.6) is 0 Å². The number of carbonyl (C=O) groups excluding carboxylic acids is 1. The van der Waals surface area contributed by atoms with Crippen LogP contribution in [0.4, 0.5) is 0 Å². The summed E-state index contributed by atoms with van der Waals surface area (Å²) in [7, 11) is -3.47. The topological polar surface area (TPSA) is 98.1 Å². The number of nitrogens with one attached hydrogen (secondary N) is 1. The number of benzene rings is 1. The predicted molar refractivity (Wildman–Crippen MR) is 89.4 cm³/mol. The van der Waals surface area contributed by atoms with E-state index in [1.54, 1.807) is 25.1 Å². The van der Waals surface area contributed by atoms with Crippen LogP contribution in [-0.4, -0.2) is 36.2 Å². The molecule has 0 fully saturated rings. The Morgan fingerprint density at radius 1 is 1.25 bits per heavy atom. The first-order chi connectivity index (χ1) is 11.4. The summed E-state index contributed by atoms with van der Waals surface area (Å²) in [5.41, 5.74) is 0.365. The Hall–Kier alpha value is -2.48. The number of aryl methyl sites for hydroxylation is 1. The Labute approximate surface area is 140 Å². The van der Waals surface area contributed by atoms with E-state index in [9.17, 15) is 18.0 Å². The number of hydrogen-bond acceptors (Lipinski definition) is 5. The van der Waals surface area contributed by atoms with E-state index in [1.165, 1.54) is 29.2 Å². The maximum Gasteiger partial charge on any atom is 0.256 e. The first-order valence-corrected chi connectivity index (χ1v) is 9.11. The molecule has 0 saturated carbocycles. The van der Waals surface area contributed by atoms with Gasteiger partial charge >= 0.3 is 0 Å². The van der Waals surface area contributed by atoms with Crippen LogP contribution in [0, 0.1) is 6.92 Å². The molecule has 1 aromatic carbocycles. The number of rotatable bonds is 7. The van der Waals surface area contributed by atoms with Gasteiger partial charge in [-0.15, -0.1) is 0 Å². The number of hydrogen-bond donors (Lipinski definition) is 1. The minimum absolute atomic E-state index is 0.127. The number of nitrogens with zero attached hydrogens (tertiary/aromatic N) is 2. The van der Waals surface area contributed by atoms with E-state index in [0.717, 1.165) is 0 Å². The van der Waals surface area contributed by atoms with Gasteiger partial charge in [-0.25, -0.2) is 13.4 Å². The average Bonchev–Trinajstić information content (AvgIpc) is 2.58. The summed E-state index contributed by atoms with van der Waals surface area (Å²) in [6, 6.07) is 8.02. The van der Waals surface area contributed by atoms with Gasteiger partial charge in [-0.3, -0.25) is 14.2 Å². The first-order valence-electron chi connectivity index (χ1n) is 7.46. The SMILES string of the molecule is Cc1cncn(CCNC(=O)CCS(=O)(=O)c2ccccc2)c1=O. The van der Waals surface area contributed by atoms with Gasteiger partial charge in [-0.1, -0.05) is 18.2 Å². The highest BCUT2D eigenvalue weighted by molar-refractivity contribution is 7.91. The lowest BCUT2D eigenvalue weighted by molar-refractivity contribution is -0.120. The fourth-order valence-corrected chi connectivity index (χ4v) is 3.36. The summed E-state index contributed by atoms with van der Waals surface area (Å²) >= 11 is 0. The van der Waals surface area contributed by atoms with Crippen molar-refractivity contribution in [1.82, 2.24) is 14.9 Å². The molecule has 8 heteroatoms. The first kappa shape index (κ1) is 17.9. The van der Waals surface area contributed by atoms with Gasteiger partial charge in [0.05, 0.1) is 17.0 Å². The Morgan fingerprint density at radius 2 is 1.96 bits per heavy atom. The minimum Gasteiger partial charge on any atom is -0.354 e. The number of aromatic nitrogens is 2. The molecule has 0 bridgehead atoms. The third-order valence-corrected chi connectivity index (χ3v) is 5.18. The molecule has 2 rings (SSSR count). The van der Waals surface area contributed by atoms with Crippen molar-refractivity contribution in [2.45, 2.75) is 24.8 Å². The van der Waals surface area contributed by atoms with Gasteiger partial charge in [0.1, 0.15) is 0 Å². The molecule has 0 aliphatic rings. The fraction of sp³-hybridized carbons (Fsp3) is 0.312. The van der Waals surface area contributed by atoms with Gasteiger partial charge < -0.3 is 5.32 Å². The van der Waals surface area contributed by atoms with E-state index in [1.807, 2.05) is 0 Å². The van der Waals surface area contributed by atoms with E-state index < -0.39 is 9.84 Å². The lowest BCUT2D eigenvalue weighted by Gasteiger charge is -2.08. The van der Waals surface area contributed by atoms with E-state index in [-0.39, 0.29) is 41.6 Å². The molecule has 7 nitrogen and oxygen atoms in total. The molecule has 1 heterocycles. The van der Waals surface area contributed by atoms with Crippen LogP contribution >= 0.6 is 0 Å². The molecule has 0 radical (unpaired) electrons. The van der Waals surface area contributed by atoms with Crippen molar-refractivity contribution in [1.29, 1.82) is 0 Å². The van der Waals surface area contributed by atoms with Crippen LogP contribution in [0.3, 0.4) is 0 Å². The standard InChI is InChI=1S/C16H19N3O4S/c1-13-11-17-12-19(16(13)21)9-8-18-15(20)7-10-24(22,23)14-5-3-2-4-6-14/h2-6,11-12H,7-10H2,1H3,(H,18,20). The van der Waals surface area contributed by atoms with Crippen LogP contribution < -0.4 is 10.9 Å². The molecule has 0 atom stereocenters. The molecule has 24 heavy (non-hydrogen) atoms. The van der Waals surface area contributed by atoms with Gasteiger partial charge in [0.2, 0.25) is 5.91 Å². The number of sulfone groups is 1. The summed E-state index contributed by atoms with van der Waals surface area (Å²) < 4.78 is 25.6. The largest absolute Gasteiger partial charge is 0.354 e. The molecule has 1 amide bonds. The van der Waals surface area contributed by atoms with E-state index in [4.69, 9.17) is 0 Å². The lowest BCUT2D eigenvalue weighted by Crippen LogP contribution is -2.32. The third-order valence-electron chi connectivity index (χ3n) is 3.45. The van der Waals surface area contributed by atoms with Gasteiger partial charge in [-0.05, 0) is 19.1 Å². The minimum atomic E-state index is -3.47. The molecule has 1 N–H and O–H groups in total. The molecule has 1 aromatic heterocycles. The zero-order chi connectivity index (χ0) is 17.6. The Kier molecular flexibility index (Phi) is 5.86. The van der Waals surface area contributed by atoms with Crippen molar-refractivity contribution < 1.29 is 13.2 Å². The zero-order valence-corrected chi connectivity index (χ0v) is 14.1. The van der Waals surface area contributed by atoms with Crippen LogP contribution in [0.15, 0.2) is 52.5 Å². The predicted octanol–water partition coefficient (Wildman–Crippen LogP) is 0.532. The summed E-state index contributed by atoms with van der Waals surface area (Å²) in [5, 5.41) is 2.61. The lowest BCUT2D eigenvalue weighted by atomic mass is 10.4. The second-order valence-electron chi connectivity index (χ2n) is 5.31. The molecule has 0 aliphatic heterocycles. The maximum absolute atomic E-state index is 12.1. The van der Waals surface area contributed by atoms with Crippen LogP contribution in [-0.2, 0) is 21.2 Å². The van der Waals surface area contributed by atoms with E-state index in [0.29, 0.717) is 5.56 Å². The highest BCUT2D eigenvalue weighted by Gasteiger charge is 2.15. The highest BCUT2D eigenvalue weighted by Crippen LogP contribution is 2.10. The summed E-state index contributed by atoms with van der Waals surface area (Å²) in [6.45, 7) is 2.18. The zero-order valence-electron chi connectivity index (χ0n) is 13.3. The second-order valence-corrected chi connectivity index (χ2v) is 7.42. The Balaban J connectivity index is 1.82. The summed E-state index contributed by atoms with van der Waals surface area (Å²) in [4.78, 5) is 27.7. The molecule has 0 spiro atoms. The monoisotopic (exact) mass is 349 g/mol. The van der Waals surface area contributed by atoms with Crippen molar-refractivity contribution in [3.63, 3.8) is 0 Å². The highest BCUT2D eigenvalue weighted by atomic mass is 32.2. The molecule has 0 unspecified atom stereocenters. The van der Waals surface area contributed by atoms with Crippen molar-refractivity contribution >= 4 is 15.7 Å². The maximum atomic E-state index is 12.1. The number of amides is 1. The molecule has 2 aromatic rings. The summed E-state index contributed by atoms with van der Waals surface area (Å²) in [5.74, 6) is -0.627. The molecular weight excluding hydrogens is 330 g/mol. The fourth-order valence-electron chi connectivity index (χ4n) is 2.10. The summed E-state index contributed by atoms with van der Waals surface area (Å²) in [6.07, 6.45) is 2.76. The van der Waals surface area contributed by atoms with Crippen molar-refractivity contribution in [2.75, 3.05) is 12.3 Å². The normalized spacial score (nSPS) is 11.2. The van der Waals surface area contributed by atoms with Gasteiger partial charge in [0, 0.05) is 31.3 Å². The quantitative estimate of drug-likeness (QED) is 0.786. The van der Waals surface area contributed by atoms with Crippen LogP contribution in [0.2, 0.25) is 0 Å². The van der Waals surface area contributed by atoms with Gasteiger partial charge in [-0.2, -0.15) is 0 Å². The third kappa shape index (κ3) is 4.76. The Bertz CT molecular complexity index is 860. The van der Waals surface area contributed by atoms with Crippen LogP contribution in [0.1, 0.15) is 12.0 Å². The second kappa shape index (κ2) is 7.87.